The zero-order valence-electron chi connectivity index (χ0n) is 11.4. The Morgan fingerprint density at radius 1 is 1.48 bits per heavy atom. The third-order valence-corrected chi connectivity index (χ3v) is 3.66. The highest BCUT2D eigenvalue weighted by Crippen LogP contribution is 2.42. The lowest BCUT2D eigenvalue weighted by Gasteiger charge is -2.21. The molecule has 2 aliphatic heterocycles. The number of hydrogen-bond donors (Lipinski definition) is 3. The van der Waals surface area contributed by atoms with Gasteiger partial charge in [-0.3, -0.25) is 14.3 Å². The maximum absolute atomic E-state index is 11.9. The highest BCUT2D eigenvalue weighted by Gasteiger charge is 2.60. The largest absolute Gasteiger partial charge is 0.470 e. The third kappa shape index (κ3) is 1.93. The van der Waals surface area contributed by atoms with Crippen molar-refractivity contribution in [1.82, 2.24) is 9.55 Å². The molecule has 3 heterocycles. The van der Waals surface area contributed by atoms with Crippen molar-refractivity contribution in [2.24, 2.45) is 4.99 Å². The molecule has 0 aromatic carbocycles. The third-order valence-electron chi connectivity index (χ3n) is 3.66. The van der Waals surface area contributed by atoms with Crippen LogP contribution < -0.4 is 11.2 Å². The summed E-state index contributed by atoms with van der Waals surface area (Å²) in [6.45, 7) is 2.61. The lowest BCUT2D eigenvalue weighted by atomic mass is 10.1. The molecular weight excluding hydrogens is 282 g/mol. The van der Waals surface area contributed by atoms with Crippen molar-refractivity contribution in [3.8, 4) is 0 Å². The summed E-state index contributed by atoms with van der Waals surface area (Å²) in [5, 5.41) is 19.9. The Labute approximate surface area is 118 Å². The lowest BCUT2D eigenvalue weighted by molar-refractivity contribution is -0.112. The van der Waals surface area contributed by atoms with Crippen molar-refractivity contribution >= 4 is 5.90 Å². The van der Waals surface area contributed by atoms with E-state index in [0.717, 1.165) is 4.57 Å². The van der Waals surface area contributed by atoms with Crippen LogP contribution in [0.3, 0.4) is 0 Å². The van der Waals surface area contributed by atoms with Crippen LogP contribution in [0.15, 0.2) is 20.8 Å². The molecule has 1 aromatic heterocycles. The molecule has 3 rings (SSSR count). The van der Waals surface area contributed by atoms with E-state index in [0.29, 0.717) is 5.56 Å². The van der Waals surface area contributed by atoms with Gasteiger partial charge in [0, 0.05) is 18.7 Å². The van der Waals surface area contributed by atoms with Crippen LogP contribution in [0, 0.1) is 6.92 Å². The molecule has 0 bridgehead atoms. The molecule has 1 saturated heterocycles. The average Bonchev–Trinajstić information content (AvgIpc) is 2.89. The van der Waals surface area contributed by atoms with E-state index in [-0.39, 0.29) is 5.90 Å². The SMILES string of the molecule is CC1=NC2(CO)OC(n3cc(C)c(=O)[nH]c3=O)[C@H](O)[C@@H]2O1. The number of aromatic nitrogens is 2. The summed E-state index contributed by atoms with van der Waals surface area (Å²) in [5.74, 6) is 0.288. The molecule has 114 valence electrons. The minimum atomic E-state index is -1.43. The summed E-state index contributed by atoms with van der Waals surface area (Å²) in [4.78, 5) is 29.5. The van der Waals surface area contributed by atoms with Crippen LogP contribution in [0.2, 0.25) is 0 Å². The summed E-state index contributed by atoms with van der Waals surface area (Å²) >= 11 is 0. The van der Waals surface area contributed by atoms with Gasteiger partial charge in [-0.15, -0.1) is 0 Å². The summed E-state index contributed by atoms with van der Waals surface area (Å²) in [5.41, 5.74) is -2.37. The first-order valence-corrected chi connectivity index (χ1v) is 6.40. The van der Waals surface area contributed by atoms with Crippen molar-refractivity contribution < 1.29 is 19.7 Å². The van der Waals surface area contributed by atoms with Gasteiger partial charge >= 0.3 is 5.69 Å². The fourth-order valence-corrected chi connectivity index (χ4v) is 2.65. The molecule has 9 nitrogen and oxygen atoms in total. The zero-order chi connectivity index (χ0) is 15.4. The summed E-state index contributed by atoms with van der Waals surface area (Å²) in [6, 6.07) is 0. The number of aromatic amines is 1. The molecule has 3 N–H and O–H groups in total. The fourth-order valence-electron chi connectivity index (χ4n) is 2.65. The van der Waals surface area contributed by atoms with E-state index in [1.807, 2.05) is 0 Å². The standard InChI is InChI=1S/C12H15N3O6/c1-5-3-15(11(19)13-9(5)18)10-7(17)8-12(4-16,21-10)14-6(2)20-8/h3,7-8,10,16-17H,4H2,1-2H3,(H,13,18,19)/t7-,8+,10?,12?/m1/s1. The topological polar surface area (TPSA) is 126 Å². The first kappa shape index (κ1) is 14.0. The van der Waals surface area contributed by atoms with Crippen molar-refractivity contribution in [3.05, 3.63) is 32.6 Å². The van der Waals surface area contributed by atoms with Crippen LogP contribution in [0.25, 0.3) is 0 Å². The molecule has 9 heteroatoms. The van der Waals surface area contributed by atoms with Gasteiger partial charge in [0.1, 0.15) is 6.10 Å². The van der Waals surface area contributed by atoms with Crippen LogP contribution in [0.4, 0.5) is 0 Å². The van der Waals surface area contributed by atoms with E-state index in [9.17, 15) is 19.8 Å². The average molecular weight is 297 g/mol. The van der Waals surface area contributed by atoms with Crippen LogP contribution in [-0.4, -0.2) is 50.2 Å². The monoisotopic (exact) mass is 297 g/mol. The summed E-state index contributed by atoms with van der Waals surface area (Å²) in [7, 11) is 0. The number of hydrogen-bond acceptors (Lipinski definition) is 7. The molecular formula is C12H15N3O6. The van der Waals surface area contributed by atoms with Gasteiger partial charge in [0.15, 0.2) is 18.2 Å². The number of ether oxygens (including phenoxy) is 2. The Morgan fingerprint density at radius 3 is 2.81 bits per heavy atom. The number of nitrogens with zero attached hydrogens (tertiary/aromatic N) is 2. The molecule has 2 aliphatic rings. The number of aliphatic hydroxyl groups is 2. The molecule has 0 aliphatic carbocycles. The Kier molecular flexibility index (Phi) is 3.01. The van der Waals surface area contributed by atoms with Gasteiger partial charge in [-0.25, -0.2) is 9.79 Å². The van der Waals surface area contributed by atoms with Crippen LogP contribution in [0.5, 0.6) is 0 Å². The quantitative estimate of drug-likeness (QED) is 0.593. The van der Waals surface area contributed by atoms with E-state index in [1.54, 1.807) is 6.92 Å². The van der Waals surface area contributed by atoms with E-state index in [2.05, 4.69) is 9.98 Å². The van der Waals surface area contributed by atoms with E-state index >= 15 is 0 Å². The predicted octanol–water partition coefficient (Wildman–Crippen LogP) is -1.76. The van der Waals surface area contributed by atoms with Crippen molar-refractivity contribution in [1.29, 1.82) is 0 Å². The minimum absolute atomic E-state index is 0.288. The molecule has 0 amide bonds. The molecule has 0 saturated carbocycles. The number of rotatable bonds is 2. The first-order chi connectivity index (χ1) is 9.88. The fraction of sp³-hybridized carbons (Fsp3) is 0.583. The number of H-pyrrole nitrogens is 1. The van der Waals surface area contributed by atoms with Crippen molar-refractivity contribution in [2.75, 3.05) is 6.61 Å². The number of fused-ring (bicyclic) bond motifs is 1. The Balaban J connectivity index is 2.05. The maximum atomic E-state index is 11.9. The number of nitrogens with one attached hydrogen (secondary N) is 1. The van der Waals surface area contributed by atoms with Gasteiger partial charge < -0.3 is 19.7 Å². The molecule has 4 atom stereocenters. The Morgan fingerprint density at radius 2 is 2.19 bits per heavy atom. The van der Waals surface area contributed by atoms with Gasteiger partial charge in [-0.05, 0) is 6.92 Å². The Hall–Kier alpha value is -1.97. The molecule has 1 aromatic rings. The van der Waals surface area contributed by atoms with E-state index in [4.69, 9.17) is 9.47 Å². The second-order valence-electron chi connectivity index (χ2n) is 5.15. The van der Waals surface area contributed by atoms with Crippen LogP contribution in [0.1, 0.15) is 18.7 Å². The highest BCUT2D eigenvalue weighted by atomic mass is 16.6. The van der Waals surface area contributed by atoms with Gasteiger partial charge in [0.2, 0.25) is 5.72 Å². The van der Waals surface area contributed by atoms with Crippen molar-refractivity contribution in [2.45, 2.75) is 38.0 Å². The number of aliphatic imine (C=N–C) groups is 1. The normalized spacial score (nSPS) is 34.5. The summed E-state index contributed by atoms with van der Waals surface area (Å²) < 4.78 is 12.0. The maximum Gasteiger partial charge on any atom is 0.330 e. The van der Waals surface area contributed by atoms with E-state index < -0.39 is 42.0 Å². The Bertz CT molecular complexity index is 722. The molecule has 21 heavy (non-hydrogen) atoms. The molecule has 0 radical (unpaired) electrons. The summed E-state index contributed by atoms with van der Waals surface area (Å²) in [6.07, 6.45) is -1.95. The molecule has 0 spiro atoms. The second-order valence-corrected chi connectivity index (χ2v) is 5.15. The smallest absolute Gasteiger partial charge is 0.330 e. The molecule has 1 fully saturated rings. The predicted molar refractivity (Wildman–Crippen MR) is 70.0 cm³/mol. The first-order valence-electron chi connectivity index (χ1n) is 6.40. The highest BCUT2D eigenvalue weighted by molar-refractivity contribution is 5.76. The second kappa shape index (κ2) is 4.52. The van der Waals surface area contributed by atoms with Gasteiger partial charge in [-0.1, -0.05) is 0 Å². The number of aliphatic hydroxyl groups excluding tert-OH is 2. The zero-order valence-corrected chi connectivity index (χ0v) is 11.4. The van der Waals surface area contributed by atoms with Gasteiger partial charge in [0.05, 0.1) is 6.61 Å². The lowest BCUT2D eigenvalue weighted by Crippen LogP contribution is -2.42. The van der Waals surface area contributed by atoms with Crippen LogP contribution >= 0.6 is 0 Å². The van der Waals surface area contributed by atoms with Crippen molar-refractivity contribution in [3.63, 3.8) is 0 Å². The molecule has 2 unspecified atom stereocenters. The van der Waals surface area contributed by atoms with Gasteiger partial charge in [-0.2, -0.15) is 0 Å². The number of aryl methyl sites for hydroxylation is 1. The van der Waals surface area contributed by atoms with E-state index in [1.165, 1.54) is 13.1 Å². The minimum Gasteiger partial charge on any atom is -0.470 e. The van der Waals surface area contributed by atoms with Crippen LogP contribution in [-0.2, 0) is 9.47 Å². The van der Waals surface area contributed by atoms with Gasteiger partial charge in [0.25, 0.3) is 5.56 Å².